The highest BCUT2D eigenvalue weighted by Gasteiger charge is 2.32. The second kappa shape index (κ2) is 3.08. The molecule has 0 saturated carbocycles. The minimum absolute atomic E-state index is 0.127. The maximum absolute atomic E-state index is 12.4. The number of hydrogen-bond donors (Lipinski definition) is 0. The van der Waals surface area contributed by atoms with Crippen molar-refractivity contribution in [1.29, 1.82) is 0 Å². The Balaban J connectivity index is 2.50. The summed E-state index contributed by atoms with van der Waals surface area (Å²) in [6.07, 6.45) is -4.29. The lowest BCUT2D eigenvalue weighted by atomic mass is 9.97. The number of rotatable bonds is 0. The van der Waals surface area contributed by atoms with Crippen molar-refractivity contribution in [2.75, 3.05) is 0 Å². The third-order valence-corrected chi connectivity index (χ3v) is 2.75. The second-order valence-electron chi connectivity index (χ2n) is 3.75. The van der Waals surface area contributed by atoms with Crippen molar-refractivity contribution in [3.63, 3.8) is 0 Å². The van der Waals surface area contributed by atoms with E-state index in [-0.39, 0.29) is 5.92 Å². The number of alkyl halides is 3. The molecule has 0 bridgehead atoms. The Hall–Kier alpha value is -1.32. The molecule has 80 valence electrons. The van der Waals surface area contributed by atoms with Gasteiger partial charge in [0.05, 0.1) is 11.3 Å². The highest BCUT2D eigenvalue weighted by molar-refractivity contribution is 5.96. The average molecular weight is 213 g/mol. The Kier molecular flexibility index (Phi) is 2.10. The zero-order valence-electron chi connectivity index (χ0n) is 8.39. The second-order valence-corrected chi connectivity index (χ2v) is 3.75. The zero-order valence-corrected chi connectivity index (χ0v) is 8.39. The van der Waals surface area contributed by atoms with Crippen molar-refractivity contribution >= 4 is 11.4 Å². The van der Waals surface area contributed by atoms with E-state index in [1.165, 1.54) is 6.07 Å². The summed E-state index contributed by atoms with van der Waals surface area (Å²) in [7, 11) is 0. The lowest BCUT2D eigenvalue weighted by Gasteiger charge is -2.09. The molecule has 1 heterocycles. The fourth-order valence-corrected chi connectivity index (χ4v) is 1.69. The summed E-state index contributed by atoms with van der Waals surface area (Å²) in [4.78, 5) is 4.12. The Bertz CT molecular complexity index is 432. The lowest BCUT2D eigenvalue weighted by Crippen LogP contribution is -2.05. The van der Waals surface area contributed by atoms with Gasteiger partial charge >= 0.3 is 6.18 Å². The third-order valence-electron chi connectivity index (χ3n) is 2.75. The van der Waals surface area contributed by atoms with E-state index in [2.05, 4.69) is 4.99 Å². The van der Waals surface area contributed by atoms with E-state index in [0.29, 0.717) is 5.69 Å². The number of hydrogen-bond acceptors (Lipinski definition) is 1. The third kappa shape index (κ3) is 1.64. The quantitative estimate of drug-likeness (QED) is 0.619. The SMILES string of the molecule is CC1=Nc2cc(C(F)(F)F)ccc2C1C. The van der Waals surface area contributed by atoms with Crippen LogP contribution in [-0.4, -0.2) is 5.71 Å². The molecule has 15 heavy (non-hydrogen) atoms. The Morgan fingerprint density at radius 3 is 2.53 bits per heavy atom. The predicted molar refractivity (Wildman–Crippen MR) is 52.6 cm³/mol. The number of nitrogens with zero attached hydrogens (tertiary/aromatic N) is 1. The van der Waals surface area contributed by atoms with Gasteiger partial charge in [0.25, 0.3) is 0 Å². The fraction of sp³-hybridized carbons (Fsp3) is 0.364. The van der Waals surface area contributed by atoms with Gasteiger partial charge in [-0.3, -0.25) is 4.99 Å². The first-order chi connectivity index (χ1) is 6.89. The van der Waals surface area contributed by atoms with Crippen LogP contribution in [0.15, 0.2) is 23.2 Å². The van der Waals surface area contributed by atoms with E-state index in [1.54, 1.807) is 0 Å². The van der Waals surface area contributed by atoms with Crippen molar-refractivity contribution in [2.24, 2.45) is 4.99 Å². The van der Waals surface area contributed by atoms with Crippen LogP contribution < -0.4 is 0 Å². The van der Waals surface area contributed by atoms with E-state index in [4.69, 9.17) is 0 Å². The van der Waals surface area contributed by atoms with Crippen molar-refractivity contribution < 1.29 is 13.2 Å². The summed E-state index contributed by atoms with van der Waals surface area (Å²) in [5.74, 6) is 0.127. The maximum atomic E-state index is 12.4. The van der Waals surface area contributed by atoms with Crippen molar-refractivity contribution in [3.8, 4) is 0 Å². The van der Waals surface area contributed by atoms with Crippen molar-refractivity contribution in [1.82, 2.24) is 0 Å². The van der Waals surface area contributed by atoms with Crippen LogP contribution in [0.3, 0.4) is 0 Å². The molecule has 0 fully saturated rings. The molecule has 1 aromatic carbocycles. The molecule has 1 aromatic rings. The van der Waals surface area contributed by atoms with Crippen LogP contribution in [0, 0.1) is 0 Å². The first-order valence-corrected chi connectivity index (χ1v) is 4.66. The van der Waals surface area contributed by atoms with Gasteiger partial charge in [0.15, 0.2) is 0 Å². The Labute approximate surface area is 85.6 Å². The standard InChI is InChI=1S/C11H10F3N/c1-6-7(2)15-10-5-8(11(12,13)14)3-4-9(6)10/h3-6H,1-2H3. The van der Waals surface area contributed by atoms with E-state index in [0.717, 1.165) is 23.4 Å². The van der Waals surface area contributed by atoms with Gasteiger partial charge in [0, 0.05) is 11.6 Å². The molecule has 0 saturated heterocycles. The van der Waals surface area contributed by atoms with Crippen molar-refractivity contribution in [2.45, 2.75) is 25.9 Å². The summed E-state index contributed by atoms with van der Waals surface area (Å²) in [5.41, 5.74) is 1.56. The first-order valence-electron chi connectivity index (χ1n) is 4.66. The predicted octanol–water partition coefficient (Wildman–Crippen LogP) is 3.91. The molecule has 2 rings (SSSR count). The number of aliphatic imine (C=N–C) groups is 1. The van der Waals surface area contributed by atoms with Gasteiger partial charge in [0.2, 0.25) is 0 Å². The molecular weight excluding hydrogens is 203 g/mol. The van der Waals surface area contributed by atoms with Crippen molar-refractivity contribution in [3.05, 3.63) is 29.3 Å². The molecule has 0 aromatic heterocycles. The van der Waals surface area contributed by atoms with Crippen LogP contribution in [-0.2, 0) is 6.18 Å². The van der Waals surface area contributed by atoms with Gasteiger partial charge in [-0.25, -0.2) is 0 Å². The summed E-state index contributed by atoms with van der Waals surface area (Å²) in [5, 5.41) is 0. The number of benzene rings is 1. The number of halogens is 3. The van der Waals surface area contributed by atoms with Crippen LogP contribution >= 0.6 is 0 Å². The highest BCUT2D eigenvalue weighted by atomic mass is 19.4. The molecule has 0 spiro atoms. The molecule has 0 aliphatic carbocycles. The van der Waals surface area contributed by atoms with E-state index >= 15 is 0 Å². The monoisotopic (exact) mass is 213 g/mol. The fourth-order valence-electron chi connectivity index (χ4n) is 1.69. The molecule has 1 atom stereocenters. The summed E-state index contributed by atoms with van der Waals surface area (Å²) >= 11 is 0. The smallest absolute Gasteiger partial charge is 0.257 e. The molecule has 1 aliphatic rings. The minimum Gasteiger partial charge on any atom is -0.257 e. The molecule has 1 nitrogen and oxygen atoms in total. The van der Waals surface area contributed by atoms with Gasteiger partial charge in [-0.15, -0.1) is 0 Å². The maximum Gasteiger partial charge on any atom is 0.416 e. The van der Waals surface area contributed by atoms with Gasteiger partial charge in [-0.2, -0.15) is 13.2 Å². The zero-order chi connectivity index (χ0) is 11.2. The van der Waals surface area contributed by atoms with Gasteiger partial charge in [0.1, 0.15) is 0 Å². The molecule has 1 unspecified atom stereocenters. The summed E-state index contributed by atoms with van der Waals surface area (Å²) < 4.78 is 37.2. The number of fused-ring (bicyclic) bond motifs is 1. The average Bonchev–Trinajstić information content (AvgIpc) is 2.41. The van der Waals surface area contributed by atoms with Gasteiger partial charge in [-0.1, -0.05) is 13.0 Å². The molecule has 1 aliphatic heterocycles. The Morgan fingerprint density at radius 2 is 1.93 bits per heavy atom. The van der Waals surface area contributed by atoms with Crippen LogP contribution in [0.5, 0.6) is 0 Å². The molecule has 0 radical (unpaired) electrons. The van der Waals surface area contributed by atoms with Gasteiger partial charge in [-0.05, 0) is 24.6 Å². The normalized spacial score (nSPS) is 20.1. The van der Waals surface area contributed by atoms with Crippen LogP contribution in [0.4, 0.5) is 18.9 Å². The molecule has 0 N–H and O–H groups in total. The van der Waals surface area contributed by atoms with Crippen LogP contribution in [0.25, 0.3) is 0 Å². The van der Waals surface area contributed by atoms with E-state index < -0.39 is 11.7 Å². The topological polar surface area (TPSA) is 12.4 Å². The van der Waals surface area contributed by atoms with E-state index in [9.17, 15) is 13.2 Å². The Morgan fingerprint density at radius 1 is 1.27 bits per heavy atom. The largest absolute Gasteiger partial charge is 0.416 e. The minimum atomic E-state index is -4.29. The van der Waals surface area contributed by atoms with E-state index in [1.807, 2.05) is 13.8 Å². The molecular formula is C11H10F3N. The molecule has 0 amide bonds. The van der Waals surface area contributed by atoms with Crippen LogP contribution in [0.2, 0.25) is 0 Å². The van der Waals surface area contributed by atoms with Gasteiger partial charge < -0.3 is 0 Å². The molecule has 4 heteroatoms. The summed E-state index contributed by atoms with van der Waals surface area (Å²) in [6.45, 7) is 3.77. The van der Waals surface area contributed by atoms with Crippen LogP contribution in [0.1, 0.15) is 30.9 Å². The summed E-state index contributed by atoms with van der Waals surface area (Å²) in [6, 6.07) is 3.74. The lowest BCUT2D eigenvalue weighted by molar-refractivity contribution is -0.137. The first kappa shape index (κ1) is 10.2. The highest BCUT2D eigenvalue weighted by Crippen LogP contribution is 2.39.